The van der Waals surface area contributed by atoms with Gasteiger partial charge in [-0.25, -0.2) is 8.78 Å². The van der Waals surface area contributed by atoms with Crippen molar-refractivity contribution in [1.82, 2.24) is 13.5 Å². The highest BCUT2D eigenvalue weighted by molar-refractivity contribution is 7.86. The fraction of sp³-hybridized carbons (Fsp3) is 0.632. The smallest absolute Gasteiger partial charge is 0.282 e. The maximum atomic E-state index is 13.2. The van der Waals surface area contributed by atoms with Crippen molar-refractivity contribution in [3.8, 4) is 0 Å². The minimum absolute atomic E-state index is 0.0609. The van der Waals surface area contributed by atoms with Gasteiger partial charge in [-0.1, -0.05) is 19.3 Å². The summed E-state index contributed by atoms with van der Waals surface area (Å²) < 4.78 is 55.0. The van der Waals surface area contributed by atoms with Crippen molar-refractivity contribution < 1.29 is 22.0 Å². The average Bonchev–Trinajstić information content (AvgIpc) is 2.71. The van der Waals surface area contributed by atoms with Gasteiger partial charge in [0.1, 0.15) is 0 Å². The van der Waals surface area contributed by atoms with Crippen molar-refractivity contribution >= 4 is 21.8 Å². The van der Waals surface area contributed by atoms with Crippen molar-refractivity contribution in [2.75, 3.05) is 45.1 Å². The molecule has 1 aliphatic heterocycles. The van der Waals surface area contributed by atoms with E-state index in [4.69, 9.17) is 0 Å². The molecule has 1 aromatic rings. The minimum atomic E-state index is -3.51. The lowest BCUT2D eigenvalue weighted by Gasteiger charge is -2.38. The van der Waals surface area contributed by atoms with Crippen LogP contribution in [0.4, 0.5) is 14.5 Å². The quantitative estimate of drug-likeness (QED) is 0.750. The van der Waals surface area contributed by atoms with E-state index in [0.717, 1.165) is 44.2 Å². The van der Waals surface area contributed by atoms with Crippen LogP contribution in [0.2, 0.25) is 0 Å². The summed E-state index contributed by atoms with van der Waals surface area (Å²) in [5, 5.41) is 2.53. The molecular formula is C19H28F2N4O3S. The van der Waals surface area contributed by atoms with E-state index in [1.165, 1.54) is 14.7 Å². The van der Waals surface area contributed by atoms with E-state index < -0.39 is 21.8 Å². The molecule has 1 N–H and O–H groups in total. The molecule has 3 rings (SSSR count). The van der Waals surface area contributed by atoms with Gasteiger partial charge in [-0.3, -0.25) is 9.69 Å². The Hall–Kier alpha value is -1.62. The number of hydrogen-bond donors (Lipinski definition) is 1. The molecule has 0 bridgehead atoms. The number of nitrogens with one attached hydrogen (secondary N) is 1. The Morgan fingerprint density at radius 1 is 1.10 bits per heavy atom. The molecule has 1 saturated carbocycles. The molecule has 0 spiro atoms. The molecule has 1 aliphatic carbocycles. The third-order valence-electron chi connectivity index (χ3n) is 5.68. The van der Waals surface area contributed by atoms with Gasteiger partial charge < -0.3 is 5.32 Å². The first-order valence-corrected chi connectivity index (χ1v) is 11.4. The predicted molar refractivity (Wildman–Crippen MR) is 107 cm³/mol. The summed E-state index contributed by atoms with van der Waals surface area (Å²) in [6.07, 6.45) is 5.09. The lowest BCUT2D eigenvalue weighted by molar-refractivity contribution is -0.117. The van der Waals surface area contributed by atoms with E-state index in [9.17, 15) is 22.0 Å². The summed E-state index contributed by atoms with van der Waals surface area (Å²) in [7, 11) is -1.85. The zero-order valence-corrected chi connectivity index (χ0v) is 17.4. The lowest BCUT2D eigenvalue weighted by Crippen LogP contribution is -2.55. The fourth-order valence-electron chi connectivity index (χ4n) is 3.91. The third-order valence-corrected chi connectivity index (χ3v) is 7.72. The molecule has 1 saturated heterocycles. The number of anilines is 1. The van der Waals surface area contributed by atoms with Crippen molar-refractivity contribution in [3.05, 3.63) is 29.8 Å². The molecule has 29 heavy (non-hydrogen) atoms. The normalized spacial score (nSPS) is 20.1. The number of amides is 1. The Labute approximate surface area is 170 Å². The first kappa shape index (κ1) is 22.1. The second kappa shape index (κ2) is 9.46. The maximum Gasteiger partial charge on any atom is 0.282 e. The Kier molecular flexibility index (Phi) is 7.20. The van der Waals surface area contributed by atoms with Crippen LogP contribution < -0.4 is 5.32 Å². The summed E-state index contributed by atoms with van der Waals surface area (Å²) in [5.74, 6) is -2.35. The van der Waals surface area contributed by atoms with Gasteiger partial charge in [0.25, 0.3) is 10.2 Å². The van der Waals surface area contributed by atoms with Gasteiger partial charge in [0.15, 0.2) is 11.6 Å². The number of piperazine rings is 1. The topological polar surface area (TPSA) is 73.0 Å². The zero-order valence-electron chi connectivity index (χ0n) is 16.6. The van der Waals surface area contributed by atoms with Crippen molar-refractivity contribution in [2.45, 2.75) is 38.1 Å². The molecule has 0 unspecified atom stereocenters. The fourth-order valence-corrected chi connectivity index (χ4v) is 5.49. The van der Waals surface area contributed by atoms with Crippen LogP contribution in [-0.4, -0.2) is 73.6 Å². The molecule has 0 aromatic heterocycles. The standard InChI is InChI=1S/C19H28F2N4O3S/c1-23(16-5-3-2-4-6-16)29(27,28)25-11-9-24(10-12-25)14-19(26)22-15-7-8-17(20)18(21)13-15/h7-8,13,16H,2-6,9-12,14H2,1H3,(H,22,26). The van der Waals surface area contributed by atoms with Gasteiger partial charge in [0, 0.05) is 51.0 Å². The predicted octanol–water partition coefficient (Wildman–Crippen LogP) is 2.03. The highest BCUT2D eigenvalue weighted by atomic mass is 32.2. The lowest BCUT2D eigenvalue weighted by atomic mass is 9.96. The first-order valence-electron chi connectivity index (χ1n) is 9.98. The van der Waals surface area contributed by atoms with E-state index >= 15 is 0 Å². The third kappa shape index (κ3) is 5.50. The Morgan fingerprint density at radius 2 is 1.76 bits per heavy atom. The number of halogens is 2. The molecule has 162 valence electrons. The van der Waals surface area contributed by atoms with Crippen LogP contribution in [0.15, 0.2) is 18.2 Å². The number of nitrogens with zero attached hydrogens (tertiary/aromatic N) is 3. The van der Waals surface area contributed by atoms with Gasteiger partial charge in [-0.2, -0.15) is 17.0 Å². The van der Waals surface area contributed by atoms with Crippen LogP contribution in [-0.2, 0) is 15.0 Å². The summed E-state index contributed by atoms with van der Waals surface area (Å²) in [5.41, 5.74) is 0.184. The molecule has 7 nitrogen and oxygen atoms in total. The molecule has 1 heterocycles. The minimum Gasteiger partial charge on any atom is -0.325 e. The average molecular weight is 431 g/mol. The molecular weight excluding hydrogens is 402 g/mol. The van der Waals surface area contributed by atoms with Gasteiger partial charge in [-0.15, -0.1) is 0 Å². The summed E-state index contributed by atoms with van der Waals surface area (Å²) in [4.78, 5) is 14.0. The van der Waals surface area contributed by atoms with Crippen LogP contribution in [0.3, 0.4) is 0 Å². The number of carbonyl (C=O) groups excluding carboxylic acids is 1. The summed E-state index contributed by atoms with van der Waals surface area (Å²) >= 11 is 0. The van der Waals surface area contributed by atoms with Crippen molar-refractivity contribution in [2.24, 2.45) is 0 Å². The molecule has 10 heteroatoms. The van der Waals surface area contributed by atoms with Gasteiger partial charge in [0.05, 0.1) is 6.54 Å². The van der Waals surface area contributed by atoms with Crippen LogP contribution in [0, 0.1) is 11.6 Å². The Balaban J connectivity index is 1.49. The maximum absolute atomic E-state index is 13.2. The van der Waals surface area contributed by atoms with Crippen LogP contribution in [0.1, 0.15) is 32.1 Å². The number of benzene rings is 1. The van der Waals surface area contributed by atoms with E-state index in [1.54, 1.807) is 7.05 Å². The van der Waals surface area contributed by atoms with Gasteiger partial charge >= 0.3 is 0 Å². The number of rotatable bonds is 6. The molecule has 1 amide bonds. The largest absolute Gasteiger partial charge is 0.325 e. The highest BCUT2D eigenvalue weighted by Crippen LogP contribution is 2.25. The van der Waals surface area contributed by atoms with E-state index in [1.807, 2.05) is 4.90 Å². The number of carbonyl (C=O) groups is 1. The van der Waals surface area contributed by atoms with Crippen LogP contribution >= 0.6 is 0 Å². The van der Waals surface area contributed by atoms with Crippen molar-refractivity contribution in [1.29, 1.82) is 0 Å². The SMILES string of the molecule is CN(C1CCCCC1)S(=O)(=O)N1CCN(CC(=O)Nc2ccc(F)c(F)c2)CC1. The Bertz CT molecular complexity index is 823. The molecule has 1 aromatic carbocycles. The molecule has 2 fully saturated rings. The Morgan fingerprint density at radius 3 is 2.38 bits per heavy atom. The highest BCUT2D eigenvalue weighted by Gasteiger charge is 2.34. The second-order valence-corrected chi connectivity index (χ2v) is 9.66. The molecule has 2 aliphatic rings. The van der Waals surface area contributed by atoms with Gasteiger partial charge in [0.2, 0.25) is 5.91 Å². The zero-order chi connectivity index (χ0) is 21.0. The van der Waals surface area contributed by atoms with E-state index in [-0.39, 0.29) is 24.2 Å². The van der Waals surface area contributed by atoms with E-state index in [0.29, 0.717) is 26.2 Å². The molecule has 0 radical (unpaired) electrons. The number of hydrogen-bond acceptors (Lipinski definition) is 4. The van der Waals surface area contributed by atoms with Crippen molar-refractivity contribution in [3.63, 3.8) is 0 Å². The summed E-state index contributed by atoms with van der Waals surface area (Å²) in [6, 6.07) is 3.24. The summed E-state index contributed by atoms with van der Waals surface area (Å²) in [6.45, 7) is 1.56. The van der Waals surface area contributed by atoms with Gasteiger partial charge in [-0.05, 0) is 25.0 Å². The molecule has 0 atom stereocenters. The monoisotopic (exact) mass is 430 g/mol. The van der Waals surface area contributed by atoms with Crippen LogP contribution in [0.25, 0.3) is 0 Å². The van der Waals surface area contributed by atoms with E-state index in [2.05, 4.69) is 5.32 Å². The van der Waals surface area contributed by atoms with Crippen LogP contribution in [0.5, 0.6) is 0 Å². The second-order valence-electron chi connectivity index (χ2n) is 7.67. The first-order chi connectivity index (χ1) is 13.8.